The third-order valence-corrected chi connectivity index (χ3v) is 4.71. The van der Waals surface area contributed by atoms with Crippen molar-refractivity contribution in [1.82, 2.24) is 0 Å². The second kappa shape index (κ2) is 7.51. The van der Waals surface area contributed by atoms with Gasteiger partial charge in [-0.05, 0) is 18.2 Å². The summed E-state index contributed by atoms with van der Waals surface area (Å²) in [7, 11) is 1.12. The van der Waals surface area contributed by atoms with Gasteiger partial charge in [-0.25, -0.2) is 9.59 Å². The van der Waals surface area contributed by atoms with E-state index in [4.69, 9.17) is 19.6 Å². The summed E-state index contributed by atoms with van der Waals surface area (Å²) in [5.74, 6) is -2.57. The first-order valence-electron chi connectivity index (χ1n) is 8.77. The summed E-state index contributed by atoms with van der Waals surface area (Å²) < 4.78 is 46.4. The fourth-order valence-electron chi connectivity index (χ4n) is 3.51. The van der Waals surface area contributed by atoms with Gasteiger partial charge in [0, 0.05) is 5.56 Å². The van der Waals surface area contributed by atoms with E-state index in [1.807, 2.05) is 0 Å². The first-order valence-corrected chi connectivity index (χ1v) is 8.77. The van der Waals surface area contributed by atoms with E-state index < -0.39 is 24.1 Å². The van der Waals surface area contributed by atoms with E-state index in [0.29, 0.717) is 5.39 Å². The van der Waals surface area contributed by atoms with Gasteiger partial charge in [0.2, 0.25) is 5.88 Å². The van der Waals surface area contributed by atoms with E-state index in [0.717, 1.165) is 7.11 Å². The van der Waals surface area contributed by atoms with Gasteiger partial charge in [0.05, 0.1) is 24.0 Å². The molecule has 1 atom stereocenters. The van der Waals surface area contributed by atoms with E-state index in [2.05, 4.69) is 4.74 Å². The fourth-order valence-corrected chi connectivity index (χ4v) is 3.51. The zero-order valence-electron chi connectivity index (χ0n) is 15.6. The van der Waals surface area contributed by atoms with Gasteiger partial charge < -0.3 is 24.4 Å². The van der Waals surface area contributed by atoms with Crippen molar-refractivity contribution < 1.29 is 32.2 Å². The summed E-state index contributed by atoms with van der Waals surface area (Å²) in [6.07, 6.45) is 0. The maximum absolute atomic E-state index is 13.0. The van der Waals surface area contributed by atoms with Crippen LogP contribution in [0.5, 0.6) is 11.5 Å². The number of para-hydroxylation sites is 2. The monoisotopic (exact) mass is 415 g/mol. The van der Waals surface area contributed by atoms with Crippen molar-refractivity contribution in [2.24, 2.45) is 5.73 Å². The number of hydrogen-bond acceptors (Lipinski definition) is 7. The number of benzene rings is 2. The molecular weight excluding hydrogens is 400 g/mol. The summed E-state index contributed by atoms with van der Waals surface area (Å²) in [6, 6.07) is 12.4. The molecule has 1 aromatic heterocycles. The van der Waals surface area contributed by atoms with Gasteiger partial charge in [-0.3, -0.25) is 0 Å². The molecule has 9 heteroatoms. The second-order valence-electron chi connectivity index (χ2n) is 6.35. The smallest absolute Gasteiger partial charge is 0.387 e. The van der Waals surface area contributed by atoms with Crippen LogP contribution in [0.4, 0.5) is 8.78 Å². The van der Waals surface area contributed by atoms with Crippen LogP contribution in [0.15, 0.2) is 69.2 Å². The molecule has 2 heterocycles. The first-order chi connectivity index (χ1) is 14.4. The van der Waals surface area contributed by atoms with Crippen molar-refractivity contribution in [2.75, 3.05) is 7.11 Å². The number of hydrogen-bond donors (Lipinski definition) is 1. The van der Waals surface area contributed by atoms with Crippen LogP contribution in [-0.2, 0) is 9.53 Å². The maximum atomic E-state index is 13.0. The Morgan fingerprint density at radius 2 is 1.83 bits per heavy atom. The molecule has 0 saturated carbocycles. The Balaban J connectivity index is 2.07. The Morgan fingerprint density at radius 3 is 2.57 bits per heavy atom. The lowest BCUT2D eigenvalue weighted by Crippen LogP contribution is -2.31. The zero-order chi connectivity index (χ0) is 21.4. The zero-order valence-corrected chi connectivity index (χ0v) is 15.6. The number of esters is 1. The van der Waals surface area contributed by atoms with Crippen molar-refractivity contribution in [2.45, 2.75) is 12.5 Å². The van der Waals surface area contributed by atoms with Crippen molar-refractivity contribution >= 4 is 16.9 Å². The number of rotatable bonds is 4. The molecule has 7 nitrogen and oxygen atoms in total. The first kappa shape index (κ1) is 19.4. The Labute approximate surface area is 168 Å². The highest BCUT2D eigenvalue weighted by atomic mass is 19.3. The Morgan fingerprint density at radius 1 is 1.13 bits per heavy atom. The average Bonchev–Trinajstić information content (AvgIpc) is 2.72. The van der Waals surface area contributed by atoms with Gasteiger partial charge in [-0.15, -0.1) is 0 Å². The molecule has 1 unspecified atom stereocenters. The van der Waals surface area contributed by atoms with Crippen LogP contribution in [0, 0.1) is 0 Å². The number of nitrogens with two attached hydrogens (primary N) is 1. The van der Waals surface area contributed by atoms with Crippen molar-refractivity contribution in [3.63, 3.8) is 0 Å². The minimum atomic E-state index is -3.12. The molecule has 2 N–H and O–H groups in total. The van der Waals surface area contributed by atoms with Crippen LogP contribution in [0.1, 0.15) is 17.0 Å². The molecule has 1 aliphatic rings. The summed E-state index contributed by atoms with van der Waals surface area (Å²) in [5.41, 5.74) is 5.26. The Hall–Kier alpha value is -3.88. The molecule has 154 valence electrons. The highest BCUT2D eigenvalue weighted by Crippen LogP contribution is 2.46. The molecule has 3 aromatic rings. The molecule has 1 aliphatic heterocycles. The molecule has 0 aliphatic carbocycles. The number of methoxy groups -OCH3 is 1. The topological polar surface area (TPSA) is 101 Å². The largest absolute Gasteiger partial charge is 0.465 e. The molecule has 0 bridgehead atoms. The van der Waals surface area contributed by atoms with E-state index in [9.17, 15) is 18.4 Å². The summed E-state index contributed by atoms with van der Waals surface area (Å²) in [4.78, 5) is 25.4. The van der Waals surface area contributed by atoms with Crippen LogP contribution < -0.4 is 20.8 Å². The lowest BCUT2D eigenvalue weighted by Gasteiger charge is -2.28. The fraction of sp³-hybridized carbons (Fsp3) is 0.143. The summed E-state index contributed by atoms with van der Waals surface area (Å²) in [5, 5.41) is 0.427. The molecule has 0 saturated heterocycles. The average molecular weight is 415 g/mol. The molecule has 0 amide bonds. The van der Waals surface area contributed by atoms with Crippen molar-refractivity contribution in [3.8, 4) is 11.5 Å². The number of alkyl halides is 2. The van der Waals surface area contributed by atoms with E-state index in [-0.39, 0.29) is 39.7 Å². The molecular formula is C21H15F2NO6. The SMILES string of the molecule is COC(=O)C1=C(N)Oc2c(c(=O)oc3ccccc23)C1c1ccccc1OC(F)F. The van der Waals surface area contributed by atoms with E-state index in [1.165, 1.54) is 18.2 Å². The predicted molar refractivity (Wildman–Crippen MR) is 101 cm³/mol. The summed E-state index contributed by atoms with van der Waals surface area (Å²) in [6.45, 7) is -3.12. The summed E-state index contributed by atoms with van der Waals surface area (Å²) >= 11 is 0. The van der Waals surface area contributed by atoms with Gasteiger partial charge in [-0.2, -0.15) is 8.78 Å². The standard InChI is InChI=1S/C21H15F2NO6/c1-27-19(25)16-14(10-6-2-4-8-12(10)29-21(22)23)15-17(30-18(16)24)11-7-3-5-9-13(11)28-20(15)26/h2-9,14,21H,24H2,1H3. The highest BCUT2D eigenvalue weighted by molar-refractivity contribution is 5.94. The molecule has 4 rings (SSSR count). The second-order valence-corrected chi connectivity index (χ2v) is 6.35. The van der Waals surface area contributed by atoms with E-state index in [1.54, 1.807) is 30.3 Å². The number of fused-ring (bicyclic) bond motifs is 3. The minimum Gasteiger partial charge on any atom is -0.465 e. The van der Waals surface area contributed by atoms with Gasteiger partial charge in [0.15, 0.2) is 5.75 Å². The third-order valence-electron chi connectivity index (χ3n) is 4.71. The van der Waals surface area contributed by atoms with Crippen molar-refractivity contribution in [3.05, 3.63) is 81.5 Å². The normalized spacial score (nSPS) is 15.7. The molecule has 0 fully saturated rings. The Bertz CT molecular complexity index is 1230. The Kier molecular flexibility index (Phi) is 4.86. The minimum absolute atomic E-state index is 0.0730. The van der Waals surface area contributed by atoms with Crippen LogP contribution in [0.25, 0.3) is 11.0 Å². The lowest BCUT2D eigenvalue weighted by atomic mass is 9.82. The third kappa shape index (κ3) is 3.14. The van der Waals surface area contributed by atoms with Crippen molar-refractivity contribution in [1.29, 1.82) is 0 Å². The quantitative estimate of drug-likeness (QED) is 0.516. The van der Waals surface area contributed by atoms with Crippen LogP contribution in [-0.4, -0.2) is 19.7 Å². The molecule has 0 spiro atoms. The highest BCUT2D eigenvalue weighted by Gasteiger charge is 2.40. The van der Waals surface area contributed by atoms with Crippen LogP contribution in [0.2, 0.25) is 0 Å². The van der Waals surface area contributed by atoms with E-state index >= 15 is 0 Å². The number of carbonyl (C=O) groups is 1. The van der Waals surface area contributed by atoms with Crippen LogP contribution >= 0.6 is 0 Å². The van der Waals surface area contributed by atoms with Gasteiger partial charge in [0.25, 0.3) is 0 Å². The number of carbonyl (C=O) groups excluding carboxylic acids is 1. The molecule has 30 heavy (non-hydrogen) atoms. The van der Waals surface area contributed by atoms with Gasteiger partial charge in [-0.1, -0.05) is 30.3 Å². The lowest BCUT2D eigenvalue weighted by molar-refractivity contribution is -0.136. The maximum Gasteiger partial charge on any atom is 0.387 e. The number of ether oxygens (including phenoxy) is 3. The van der Waals surface area contributed by atoms with Gasteiger partial charge in [0.1, 0.15) is 16.9 Å². The predicted octanol–water partition coefficient (Wildman–Crippen LogP) is 3.26. The van der Waals surface area contributed by atoms with Crippen LogP contribution in [0.3, 0.4) is 0 Å². The molecule has 2 aromatic carbocycles. The number of halogens is 2. The molecule has 0 radical (unpaired) electrons. The van der Waals surface area contributed by atoms with Gasteiger partial charge >= 0.3 is 18.2 Å².